The van der Waals surface area contributed by atoms with Crippen LogP contribution >= 0.6 is 0 Å². The standard InChI is InChI=1S/C40H60OSi/c1-14-31-17-19-33(20-18-31)36-25-24-35(28-30(36)5)40(15-2,16-3)34-23-21-32(29(4)27-34)22-26-37(38(6,7)8)41-42(12,13)39(9,10)11/h17-21,23-25,27-28,37H,14-16,22,26H2,1-13H3. The number of benzene rings is 3. The molecule has 0 saturated heterocycles. The second-order valence-electron chi connectivity index (χ2n) is 15.3. The van der Waals surface area contributed by atoms with Gasteiger partial charge in [0.2, 0.25) is 0 Å². The molecule has 0 radical (unpaired) electrons. The highest BCUT2D eigenvalue weighted by molar-refractivity contribution is 6.74. The fourth-order valence-electron chi connectivity index (χ4n) is 6.20. The van der Waals surface area contributed by atoms with Gasteiger partial charge < -0.3 is 4.43 Å². The second-order valence-corrected chi connectivity index (χ2v) is 20.0. The molecule has 230 valence electrons. The van der Waals surface area contributed by atoms with E-state index in [1.165, 1.54) is 44.5 Å². The molecule has 0 saturated carbocycles. The molecule has 0 fully saturated rings. The molecule has 42 heavy (non-hydrogen) atoms. The molecule has 0 amide bonds. The maximum Gasteiger partial charge on any atom is 0.192 e. The van der Waals surface area contributed by atoms with Crippen molar-refractivity contribution in [2.24, 2.45) is 5.41 Å². The summed E-state index contributed by atoms with van der Waals surface area (Å²) in [5.41, 5.74) is 11.2. The molecule has 3 aromatic carbocycles. The highest BCUT2D eigenvalue weighted by Crippen LogP contribution is 2.43. The molecule has 0 spiro atoms. The third-order valence-electron chi connectivity index (χ3n) is 10.4. The summed E-state index contributed by atoms with van der Waals surface area (Å²) in [7, 11) is -1.85. The second kappa shape index (κ2) is 13.2. The van der Waals surface area contributed by atoms with Crippen molar-refractivity contribution in [3.8, 4) is 11.1 Å². The molecule has 1 atom stereocenters. The van der Waals surface area contributed by atoms with Crippen molar-refractivity contribution in [1.82, 2.24) is 0 Å². The van der Waals surface area contributed by atoms with Crippen molar-refractivity contribution in [3.63, 3.8) is 0 Å². The van der Waals surface area contributed by atoms with Gasteiger partial charge in [0.1, 0.15) is 0 Å². The Labute approximate surface area is 260 Å². The number of aryl methyl sites for hydroxylation is 4. The highest BCUT2D eigenvalue weighted by Gasteiger charge is 2.41. The molecule has 0 N–H and O–H groups in total. The molecule has 1 nitrogen and oxygen atoms in total. The summed E-state index contributed by atoms with van der Waals surface area (Å²) >= 11 is 0. The first-order valence-corrected chi connectivity index (χ1v) is 19.4. The Hall–Kier alpha value is -2.16. The smallest absolute Gasteiger partial charge is 0.192 e. The first-order chi connectivity index (χ1) is 19.5. The van der Waals surface area contributed by atoms with Gasteiger partial charge >= 0.3 is 0 Å². The average molecular weight is 585 g/mol. The predicted octanol–water partition coefficient (Wildman–Crippen LogP) is 12.0. The van der Waals surface area contributed by atoms with Crippen molar-refractivity contribution in [2.45, 2.75) is 138 Å². The van der Waals surface area contributed by atoms with Crippen LogP contribution in [-0.2, 0) is 22.7 Å². The topological polar surface area (TPSA) is 9.23 Å². The van der Waals surface area contributed by atoms with Gasteiger partial charge in [0.05, 0.1) is 6.10 Å². The molecule has 0 aliphatic heterocycles. The van der Waals surface area contributed by atoms with Crippen LogP contribution in [0.4, 0.5) is 0 Å². The van der Waals surface area contributed by atoms with Crippen LogP contribution in [0.1, 0.15) is 115 Å². The average Bonchev–Trinajstić information content (AvgIpc) is 2.92. The van der Waals surface area contributed by atoms with E-state index in [-0.39, 0.29) is 22.0 Å². The summed E-state index contributed by atoms with van der Waals surface area (Å²) in [5, 5.41) is 0.216. The monoisotopic (exact) mass is 584 g/mol. The summed E-state index contributed by atoms with van der Waals surface area (Å²) in [6, 6.07) is 23.6. The summed E-state index contributed by atoms with van der Waals surface area (Å²) in [6.07, 6.45) is 5.61. The summed E-state index contributed by atoms with van der Waals surface area (Å²) in [4.78, 5) is 0. The van der Waals surface area contributed by atoms with Crippen molar-refractivity contribution >= 4 is 8.32 Å². The van der Waals surface area contributed by atoms with Crippen LogP contribution in [0, 0.1) is 19.3 Å². The third-order valence-corrected chi connectivity index (χ3v) is 14.9. The van der Waals surface area contributed by atoms with Gasteiger partial charge in [-0.3, -0.25) is 0 Å². The van der Waals surface area contributed by atoms with Crippen molar-refractivity contribution in [3.05, 3.63) is 94.0 Å². The SMILES string of the molecule is CCc1ccc(-c2ccc(C(CC)(CC)c3ccc(CCC(O[Si](C)(C)C(C)(C)C)C(C)(C)C)c(C)c3)cc2C)cc1. The zero-order chi connectivity index (χ0) is 31.5. The molecular formula is C40H60OSi. The minimum Gasteiger partial charge on any atom is -0.413 e. The number of hydrogen-bond acceptors (Lipinski definition) is 1. The molecule has 0 aliphatic carbocycles. The Morgan fingerprint density at radius 2 is 1.26 bits per heavy atom. The maximum atomic E-state index is 7.00. The summed E-state index contributed by atoms with van der Waals surface area (Å²) in [5.74, 6) is 0. The van der Waals surface area contributed by atoms with E-state index in [9.17, 15) is 0 Å². The Morgan fingerprint density at radius 3 is 1.71 bits per heavy atom. The normalized spacial score (nSPS) is 13.8. The third kappa shape index (κ3) is 7.48. The fourth-order valence-corrected chi connectivity index (χ4v) is 7.74. The van der Waals surface area contributed by atoms with E-state index in [0.717, 1.165) is 32.1 Å². The molecule has 0 aromatic heterocycles. The Morgan fingerprint density at radius 1 is 0.714 bits per heavy atom. The molecule has 1 unspecified atom stereocenters. The predicted molar refractivity (Wildman–Crippen MR) is 188 cm³/mol. The first kappa shape index (κ1) is 34.3. The van der Waals surface area contributed by atoms with Gasteiger partial charge in [-0.2, -0.15) is 0 Å². The number of rotatable bonds is 11. The van der Waals surface area contributed by atoms with E-state index in [4.69, 9.17) is 4.43 Å². The largest absolute Gasteiger partial charge is 0.413 e. The van der Waals surface area contributed by atoms with Gasteiger partial charge in [-0.1, -0.05) is 123 Å². The van der Waals surface area contributed by atoms with E-state index in [2.05, 4.69) is 150 Å². The van der Waals surface area contributed by atoms with E-state index in [0.29, 0.717) is 0 Å². The lowest BCUT2D eigenvalue weighted by Crippen LogP contribution is -2.47. The van der Waals surface area contributed by atoms with Crippen LogP contribution in [0.3, 0.4) is 0 Å². The maximum absolute atomic E-state index is 7.00. The van der Waals surface area contributed by atoms with Gasteiger partial charge in [-0.25, -0.2) is 0 Å². The first-order valence-electron chi connectivity index (χ1n) is 16.5. The van der Waals surface area contributed by atoms with Crippen LogP contribution in [0.25, 0.3) is 11.1 Å². The zero-order valence-electron chi connectivity index (χ0n) is 29.3. The Balaban J connectivity index is 1.89. The molecule has 0 heterocycles. The molecule has 3 rings (SSSR count). The lowest BCUT2D eigenvalue weighted by Gasteiger charge is -2.43. The molecular weight excluding hydrogens is 525 g/mol. The van der Waals surface area contributed by atoms with E-state index in [1.54, 1.807) is 0 Å². The minimum absolute atomic E-state index is 0.0119. The van der Waals surface area contributed by atoms with Crippen LogP contribution in [0.5, 0.6) is 0 Å². The van der Waals surface area contributed by atoms with Crippen LogP contribution in [0.2, 0.25) is 18.1 Å². The van der Waals surface area contributed by atoms with E-state index >= 15 is 0 Å². The van der Waals surface area contributed by atoms with Crippen LogP contribution in [-0.4, -0.2) is 14.4 Å². The lowest BCUT2D eigenvalue weighted by molar-refractivity contribution is 0.0657. The minimum atomic E-state index is -1.85. The lowest BCUT2D eigenvalue weighted by atomic mass is 9.69. The van der Waals surface area contributed by atoms with Crippen LogP contribution < -0.4 is 0 Å². The van der Waals surface area contributed by atoms with E-state index in [1.807, 2.05) is 0 Å². The van der Waals surface area contributed by atoms with Crippen molar-refractivity contribution in [1.29, 1.82) is 0 Å². The van der Waals surface area contributed by atoms with Crippen molar-refractivity contribution in [2.75, 3.05) is 0 Å². The zero-order valence-corrected chi connectivity index (χ0v) is 30.3. The van der Waals surface area contributed by atoms with Gasteiger partial charge in [-0.05, 0) is 114 Å². The Kier molecular flexibility index (Phi) is 10.8. The van der Waals surface area contributed by atoms with Gasteiger partial charge in [0.15, 0.2) is 8.32 Å². The van der Waals surface area contributed by atoms with Gasteiger partial charge in [0.25, 0.3) is 0 Å². The number of hydrogen-bond donors (Lipinski definition) is 0. The highest BCUT2D eigenvalue weighted by atomic mass is 28.4. The molecule has 2 heteroatoms. The van der Waals surface area contributed by atoms with Gasteiger partial charge in [-0.15, -0.1) is 0 Å². The van der Waals surface area contributed by atoms with Crippen molar-refractivity contribution < 1.29 is 4.43 Å². The fraction of sp³-hybridized carbons (Fsp3) is 0.550. The van der Waals surface area contributed by atoms with Gasteiger partial charge in [0, 0.05) is 5.41 Å². The molecule has 3 aromatic rings. The van der Waals surface area contributed by atoms with Crippen LogP contribution in [0.15, 0.2) is 60.7 Å². The summed E-state index contributed by atoms with van der Waals surface area (Å²) in [6.45, 7) is 30.3. The molecule has 0 aliphatic rings. The van der Waals surface area contributed by atoms with E-state index < -0.39 is 8.32 Å². The summed E-state index contributed by atoms with van der Waals surface area (Å²) < 4.78 is 7.00. The Bertz CT molecular complexity index is 1310. The molecule has 0 bridgehead atoms. The quantitative estimate of drug-likeness (QED) is 0.204.